The van der Waals surface area contributed by atoms with Gasteiger partial charge >= 0.3 is 0 Å². The second-order valence-corrected chi connectivity index (χ2v) is 3.24. The summed E-state index contributed by atoms with van der Waals surface area (Å²) in [5, 5.41) is 3.34. The molecule has 74 valence electrons. The molecule has 0 spiro atoms. The van der Waals surface area contributed by atoms with Gasteiger partial charge in [-0.2, -0.15) is 0 Å². The van der Waals surface area contributed by atoms with Gasteiger partial charge in [0.25, 0.3) is 0 Å². The number of nitrogens with two attached hydrogens (primary N) is 1. The van der Waals surface area contributed by atoms with Crippen LogP contribution in [0.1, 0.15) is 13.3 Å². The number of rotatable bonds is 6. The number of imidazole rings is 1. The lowest BCUT2D eigenvalue weighted by molar-refractivity contribution is 0.517. The smallest absolute Gasteiger partial charge is 0.0945 e. The van der Waals surface area contributed by atoms with Gasteiger partial charge < -0.3 is 15.6 Å². The maximum absolute atomic E-state index is 5.47. The summed E-state index contributed by atoms with van der Waals surface area (Å²) in [6.45, 7) is 4.82. The molecule has 0 radical (unpaired) electrons. The summed E-state index contributed by atoms with van der Waals surface area (Å²) >= 11 is 0. The Morgan fingerprint density at radius 2 is 2.46 bits per heavy atom. The highest BCUT2D eigenvalue weighted by molar-refractivity contribution is 4.74. The fraction of sp³-hybridized carbons (Fsp3) is 0.667. The third-order valence-electron chi connectivity index (χ3n) is 2.00. The zero-order valence-electron chi connectivity index (χ0n) is 8.11. The van der Waals surface area contributed by atoms with Crippen LogP contribution in [0.5, 0.6) is 0 Å². The van der Waals surface area contributed by atoms with E-state index in [-0.39, 0.29) is 0 Å². The third kappa shape index (κ3) is 4.05. The quantitative estimate of drug-likeness (QED) is 0.618. The minimum Gasteiger partial charge on any atom is -0.337 e. The number of aryl methyl sites for hydroxylation is 1. The molecule has 1 unspecified atom stereocenters. The number of hydrogen-bond donors (Lipinski definition) is 2. The molecule has 0 amide bonds. The summed E-state index contributed by atoms with van der Waals surface area (Å²) in [6.07, 6.45) is 6.73. The number of nitrogens with zero attached hydrogens (tertiary/aromatic N) is 2. The topological polar surface area (TPSA) is 55.9 Å². The fourth-order valence-corrected chi connectivity index (χ4v) is 1.11. The van der Waals surface area contributed by atoms with Crippen molar-refractivity contribution in [3.63, 3.8) is 0 Å². The molecule has 0 aliphatic rings. The van der Waals surface area contributed by atoms with E-state index in [1.165, 1.54) is 0 Å². The van der Waals surface area contributed by atoms with Crippen LogP contribution in [0.15, 0.2) is 18.7 Å². The van der Waals surface area contributed by atoms with E-state index in [0.29, 0.717) is 12.6 Å². The highest BCUT2D eigenvalue weighted by atomic mass is 15.0. The molecule has 4 heteroatoms. The van der Waals surface area contributed by atoms with E-state index in [9.17, 15) is 0 Å². The van der Waals surface area contributed by atoms with Crippen LogP contribution in [-0.4, -0.2) is 28.7 Å². The van der Waals surface area contributed by atoms with E-state index in [1.807, 2.05) is 12.5 Å². The van der Waals surface area contributed by atoms with Gasteiger partial charge in [-0.1, -0.05) is 0 Å². The van der Waals surface area contributed by atoms with Gasteiger partial charge in [-0.25, -0.2) is 4.98 Å². The van der Waals surface area contributed by atoms with Gasteiger partial charge in [-0.3, -0.25) is 0 Å². The molecule has 0 aliphatic heterocycles. The molecule has 1 aromatic heterocycles. The van der Waals surface area contributed by atoms with Crippen molar-refractivity contribution < 1.29 is 0 Å². The highest BCUT2D eigenvalue weighted by Crippen LogP contribution is 1.89. The van der Waals surface area contributed by atoms with Crippen molar-refractivity contribution in [3.05, 3.63) is 18.7 Å². The van der Waals surface area contributed by atoms with Crippen LogP contribution in [0.3, 0.4) is 0 Å². The van der Waals surface area contributed by atoms with Crippen molar-refractivity contribution >= 4 is 0 Å². The Kier molecular flexibility index (Phi) is 4.49. The minimum absolute atomic E-state index is 0.419. The van der Waals surface area contributed by atoms with E-state index in [4.69, 9.17) is 5.73 Å². The average molecular weight is 182 g/mol. The van der Waals surface area contributed by atoms with Crippen LogP contribution in [0.4, 0.5) is 0 Å². The summed E-state index contributed by atoms with van der Waals surface area (Å²) in [6, 6.07) is 0.419. The molecule has 0 aromatic carbocycles. The minimum atomic E-state index is 0.419. The van der Waals surface area contributed by atoms with Crippen LogP contribution < -0.4 is 11.1 Å². The Balaban J connectivity index is 2.02. The molecule has 4 nitrogen and oxygen atoms in total. The Hall–Kier alpha value is -0.870. The van der Waals surface area contributed by atoms with Gasteiger partial charge in [0.2, 0.25) is 0 Å². The van der Waals surface area contributed by atoms with Crippen molar-refractivity contribution in [2.75, 3.05) is 13.1 Å². The lowest BCUT2D eigenvalue weighted by Gasteiger charge is -2.10. The average Bonchev–Trinajstić information content (AvgIpc) is 2.64. The fourth-order valence-electron chi connectivity index (χ4n) is 1.11. The van der Waals surface area contributed by atoms with Crippen LogP contribution in [-0.2, 0) is 6.54 Å². The first-order chi connectivity index (χ1) is 6.33. The molecule has 0 saturated carbocycles. The molecule has 3 N–H and O–H groups in total. The standard InChI is InChI=1S/C9H18N4/c1-9(7-10)12-3-2-5-13-6-4-11-8-13/h4,6,8-9,12H,2-3,5,7,10H2,1H3. The zero-order valence-corrected chi connectivity index (χ0v) is 8.11. The van der Waals surface area contributed by atoms with Crippen molar-refractivity contribution in [3.8, 4) is 0 Å². The molecule has 13 heavy (non-hydrogen) atoms. The van der Waals surface area contributed by atoms with E-state index in [1.54, 1.807) is 6.20 Å². The maximum atomic E-state index is 5.47. The van der Waals surface area contributed by atoms with Gasteiger partial charge in [0, 0.05) is 31.5 Å². The lowest BCUT2D eigenvalue weighted by Crippen LogP contribution is -2.34. The predicted octanol–water partition coefficient (Wildman–Crippen LogP) is 0.210. The maximum Gasteiger partial charge on any atom is 0.0945 e. The zero-order chi connectivity index (χ0) is 9.52. The molecular formula is C9H18N4. The van der Waals surface area contributed by atoms with Gasteiger partial charge in [-0.05, 0) is 19.9 Å². The monoisotopic (exact) mass is 182 g/mol. The predicted molar refractivity (Wildman–Crippen MR) is 53.4 cm³/mol. The molecule has 0 saturated heterocycles. The summed E-state index contributed by atoms with van der Waals surface area (Å²) in [5.74, 6) is 0. The largest absolute Gasteiger partial charge is 0.337 e. The second-order valence-electron chi connectivity index (χ2n) is 3.24. The van der Waals surface area contributed by atoms with Crippen LogP contribution >= 0.6 is 0 Å². The Labute approximate surface area is 79.1 Å². The summed E-state index contributed by atoms with van der Waals surface area (Å²) in [7, 11) is 0. The normalized spacial score (nSPS) is 13.1. The van der Waals surface area contributed by atoms with E-state index >= 15 is 0 Å². The SMILES string of the molecule is CC(CN)NCCCn1ccnc1. The summed E-state index contributed by atoms with van der Waals surface area (Å²) in [4.78, 5) is 3.97. The number of nitrogens with one attached hydrogen (secondary N) is 1. The molecule has 1 atom stereocenters. The van der Waals surface area contributed by atoms with Gasteiger partial charge in [0.15, 0.2) is 0 Å². The molecular weight excluding hydrogens is 164 g/mol. The number of aromatic nitrogens is 2. The van der Waals surface area contributed by atoms with Crippen molar-refractivity contribution in [1.29, 1.82) is 0 Å². The van der Waals surface area contributed by atoms with Crippen LogP contribution in [0.2, 0.25) is 0 Å². The molecule has 1 rings (SSSR count). The highest BCUT2D eigenvalue weighted by Gasteiger charge is 1.96. The summed E-state index contributed by atoms with van der Waals surface area (Å²) < 4.78 is 2.08. The summed E-state index contributed by atoms with van der Waals surface area (Å²) in [5.41, 5.74) is 5.47. The Morgan fingerprint density at radius 3 is 3.08 bits per heavy atom. The van der Waals surface area contributed by atoms with Gasteiger partial charge in [0.1, 0.15) is 0 Å². The second kappa shape index (κ2) is 5.72. The van der Waals surface area contributed by atoms with Gasteiger partial charge in [-0.15, -0.1) is 0 Å². The first kappa shape index (κ1) is 10.2. The lowest BCUT2D eigenvalue weighted by atomic mass is 10.3. The van der Waals surface area contributed by atoms with Crippen molar-refractivity contribution in [1.82, 2.24) is 14.9 Å². The van der Waals surface area contributed by atoms with E-state index in [2.05, 4.69) is 21.8 Å². The van der Waals surface area contributed by atoms with Crippen LogP contribution in [0.25, 0.3) is 0 Å². The molecule has 0 aliphatic carbocycles. The van der Waals surface area contributed by atoms with Gasteiger partial charge in [0.05, 0.1) is 6.33 Å². The Morgan fingerprint density at radius 1 is 1.62 bits per heavy atom. The van der Waals surface area contributed by atoms with E-state index < -0.39 is 0 Å². The first-order valence-electron chi connectivity index (χ1n) is 4.72. The van der Waals surface area contributed by atoms with Crippen LogP contribution in [0, 0.1) is 0 Å². The third-order valence-corrected chi connectivity index (χ3v) is 2.00. The van der Waals surface area contributed by atoms with Crippen molar-refractivity contribution in [2.45, 2.75) is 25.9 Å². The van der Waals surface area contributed by atoms with E-state index in [0.717, 1.165) is 19.5 Å². The van der Waals surface area contributed by atoms with Crippen molar-refractivity contribution in [2.24, 2.45) is 5.73 Å². The number of hydrogen-bond acceptors (Lipinski definition) is 3. The first-order valence-corrected chi connectivity index (χ1v) is 4.72. The molecule has 1 aromatic rings. The molecule has 1 heterocycles. The molecule has 0 bridgehead atoms. The Bertz CT molecular complexity index is 207. The molecule has 0 fully saturated rings.